The smallest absolute Gasteiger partial charge is 0.255 e. The number of methoxy groups -OCH3 is 1. The van der Waals surface area contributed by atoms with Crippen LogP contribution in [0.2, 0.25) is 0 Å². The highest BCUT2D eigenvalue weighted by molar-refractivity contribution is 7.15. The van der Waals surface area contributed by atoms with E-state index < -0.39 is 6.43 Å². The van der Waals surface area contributed by atoms with Gasteiger partial charge >= 0.3 is 0 Å². The quantitative estimate of drug-likeness (QED) is 0.840. The van der Waals surface area contributed by atoms with Crippen molar-refractivity contribution in [2.24, 2.45) is 0 Å². The van der Waals surface area contributed by atoms with E-state index in [1.807, 2.05) is 0 Å². The summed E-state index contributed by atoms with van der Waals surface area (Å²) in [5.74, 6) is 0. The minimum atomic E-state index is -2.37. The van der Waals surface area contributed by atoms with Gasteiger partial charge in [-0.15, -0.1) is 11.3 Å². The Hall–Kier alpha value is -0.790. The van der Waals surface area contributed by atoms with Crippen LogP contribution in [0.4, 0.5) is 13.9 Å². The van der Waals surface area contributed by atoms with Crippen LogP contribution in [0.5, 0.6) is 0 Å². The molecule has 0 aliphatic carbocycles. The zero-order valence-corrected chi connectivity index (χ0v) is 13.5. The first-order valence-corrected chi connectivity index (χ1v) is 7.26. The lowest BCUT2D eigenvalue weighted by Crippen LogP contribution is -2.35. The number of nitrogens with one attached hydrogen (secondary N) is 1. The molecule has 1 rings (SSSR count). The second-order valence-corrected chi connectivity index (χ2v) is 6.74. The normalized spacial score (nSPS) is 12.2. The van der Waals surface area contributed by atoms with Gasteiger partial charge in [0.2, 0.25) is 0 Å². The van der Waals surface area contributed by atoms with Gasteiger partial charge in [0, 0.05) is 31.1 Å². The number of hydrogen-bond donors (Lipinski definition) is 1. The van der Waals surface area contributed by atoms with E-state index >= 15 is 0 Å². The number of halogens is 2. The second-order valence-electron chi connectivity index (χ2n) is 5.67. The zero-order valence-electron chi connectivity index (χ0n) is 12.7. The average Bonchev–Trinajstić information content (AvgIpc) is 2.68. The van der Waals surface area contributed by atoms with Gasteiger partial charge in [0.1, 0.15) is 0 Å². The van der Waals surface area contributed by atoms with Gasteiger partial charge in [-0.05, 0) is 20.8 Å². The van der Waals surface area contributed by atoms with Crippen LogP contribution in [0.1, 0.15) is 31.3 Å². The van der Waals surface area contributed by atoms with Crippen molar-refractivity contribution in [3.8, 4) is 0 Å². The molecule has 0 radical (unpaired) electrons. The molecule has 20 heavy (non-hydrogen) atoms. The van der Waals surface area contributed by atoms with Crippen LogP contribution in [0.25, 0.3) is 0 Å². The fourth-order valence-electron chi connectivity index (χ4n) is 1.55. The van der Waals surface area contributed by atoms with Crippen LogP contribution in [-0.2, 0) is 17.9 Å². The SMILES string of the molecule is COCc1nc(N(C)CC(F)F)sc1CNC(C)(C)C. The van der Waals surface area contributed by atoms with E-state index in [2.05, 4.69) is 31.1 Å². The molecule has 0 aliphatic heterocycles. The van der Waals surface area contributed by atoms with E-state index in [1.54, 1.807) is 14.2 Å². The van der Waals surface area contributed by atoms with Crippen molar-refractivity contribution >= 4 is 16.5 Å². The maximum Gasteiger partial charge on any atom is 0.255 e. The van der Waals surface area contributed by atoms with Gasteiger partial charge in [-0.25, -0.2) is 13.8 Å². The van der Waals surface area contributed by atoms with Gasteiger partial charge in [-0.2, -0.15) is 0 Å². The Morgan fingerprint density at radius 2 is 2.05 bits per heavy atom. The van der Waals surface area contributed by atoms with Crippen molar-refractivity contribution in [3.63, 3.8) is 0 Å². The van der Waals surface area contributed by atoms with Gasteiger partial charge in [0.25, 0.3) is 6.43 Å². The largest absolute Gasteiger partial charge is 0.378 e. The molecule has 0 atom stereocenters. The molecule has 4 nitrogen and oxygen atoms in total. The van der Waals surface area contributed by atoms with Crippen LogP contribution >= 0.6 is 11.3 Å². The molecule has 0 amide bonds. The molecule has 0 aromatic carbocycles. The Balaban J connectivity index is 2.83. The molecule has 1 heterocycles. The highest BCUT2D eigenvalue weighted by atomic mass is 32.1. The summed E-state index contributed by atoms with van der Waals surface area (Å²) in [6.07, 6.45) is -2.37. The summed E-state index contributed by atoms with van der Waals surface area (Å²) in [5, 5.41) is 3.98. The Morgan fingerprint density at radius 3 is 2.55 bits per heavy atom. The number of thiazole rings is 1. The Labute approximate surface area is 123 Å². The molecular weight excluding hydrogens is 284 g/mol. The third-order valence-electron chi connectivity index (χ3n) is 2.57. The predicted octanol–water partition coefficient (Wildman–Crippen LogP) is 2.88. The van der Waals surface area contributed by atoms with Gasteiger partial charge in [0.05, 0.1) is 18.8 Å². The van der Waals surface area contributed by atoms with Crippen molar-refractivity contribution in [3.05, 3.63) is 10.6 Å². The molecule has 0 bridgehead atoms. The molecular formula is C13H23F2N3OS. The predicted molar refractivity (Wildman–Crippen MR) is 78.7 cm³/mol. The molecule has 0 unspecified atom stereocenters. The monoisotopic (exact) mass is 307 g/mol. The number of hydrogen-bond acceptors (Lipinski definition) is 5. The molecule has 1 aromatic rings. The van der Waals surface area contributed by atoms with Crippen molar-refractivity contribution in [2.75, 3.05) is 25.6 Å². The van der Waals surface area contributed by atoms with Gasteiger partial charge in [-0.3, -0.25) is 0 Å². The molecule has 0 saturated heterocycles. The van der Waals surface area contributed by atoms with Crippen LogP contribution in [0.3, 0.4) is 0 Å². The van der Waals surface area contributed by atoms with Gasteiger partial charge in [-0.1, -0.05) is 0 Å². The van der Waals surface area contributed by atoms with Crippen molar-refractivity contribution in [2.45, 2.75) is 45.9 Å². The molecule has 0 fully saturated rings. The lowest BCUT2D eigenvalue weighted by Gasteiger charge is -2.20. The van der Waals surface area contributed by atoms with E-state index in [9.17, 15) is 8.78 Å². The van der Waals surface area contributed by atoms with E-state index in [1.165, 1.54) is 16.2 Å². The third kappa shape index (κ3) is 5.68. The molecule has 0 spiro atoms. The minimum absolute atomic E-state index is 0.0105. The first kappa shape index (κ1) is 17.3. The summed E-state index contributed by atoms with van der Waals surface area (Å²) >= 11 is 1.43. The number of rotatable bonds is 7. The Morgan fingerprint density at radius 1 is 1.40 bits per heavy atom. The van der Waals surface area contributed by atoms with Crippen molar-refractivity contribution in [1.29, 1.82) is 0 Å². The van der Waals surface area contributed by atoms with Crippen molar-refractivity contribution in [1.82, 2.24) is 10.3 Å². The van der Waals surface area contributed by atoms with Crippen LogP contribution in [0.15, 0.2) is 0 Å². The second kappa shape index (κ2) is 7.28. The number of ether oxygens (including phenoxy) is 1. The number of nitrogens with zero attached hydrogens (tertiary/aromatic N) is 2. The zero-order chi connectivity index (χ0) is 15.3. The van der Waals surface area contributed by atoms with Gasteiger partial charge in [0.15, 0.2) is 5.13 Å². The average molecular weight is 307 g/mol. The third-order valence-corrected chi connectivity index (χ3v) is 3.78. The molecule has 1 aromatic heterocycles. The fourth-order valence-corrected chi connectivity index (χ4v) is 2.52. The van der Waals surface area contributed by atoms with Crippen LogP contribution in [0, 0.1) is 0 Å². The molecule has 0 saturated carbocycles. The highest BCUT2D eigenvalue weighted by Crippen LogP contribution is 2.27. The minimum Gasteiger partial charge on any atom is -0.378 e. The van der Waals surface area contributed by atoms with E-state index in [0.29, 0.717) is 18.3 Å². The standard InChI is InChI=1S/C13H23F2N3OS/c1-13(2,3)16-6-10-9(8-19-5)17-12(20-10)18(4)7-11(14)15/h11,16H,6-8H2,1-5H3. The first-order valence-electron chi connectivity index (χ1n) is 6.44. The summed E-state index contributed by atoms with van der Waals surface area (Å²) in [5.41, 5.74) is 0.800. The fraction of sp³-hybridized carbons (Fsp3) is 0.769. The molecule has 1 N–H and O–H groups in total. The van der Waals surface area contributed by atoms with E-state index in [0.717, 1.165) is 10.6 Å². The molecule has 0 aliphatic rings. The summed E-state index contributed by atoms with van der Waals surface area (Å²) in [4.78, 5) is 6.91. The molecule has 7 heteroatoms. The van der Waals surface area contributed by atoms with Crippen LogP contribution in [-0.4, -0.2) is 37.7 Å². The Kier molecular flexibility index (Phi) is 6.29. The Bertz CT molecular complexity index is 418. The van der Waals surface area contributed by atoms with Gasteiger partial charge < -0.3 is 15.0 Å². The first-order chi connectivity index (χ1) is 9.23. The highest BCUT2D eigenvalue weighted by Gasteiger charge is 2.18. The lowest BCUT2D eigenvalue weighted by molar-refractivity contribution is 0.156. The number of aromatic nitrogens is 1. The summed E-state index contributed by atoms with van der Waals surface area (Å²) in [7, 11) is 3.23. The maximum atomic E-state index is 12.4. The maximum absolute atomic E-state index is 12.4. The topological polar surface area (TPSA) is 37.4 Å². The van der Waals surface area contributed by atoms with E-state index in [-0.39, 0.29) is 12.1 Å². The van der Waals surface area contributed by atoms with Crippen molar-refractivity contribution < 1.29 is 13.5 Å². The van der Waals surface area contributed by atoms with E-state index in [4.69, 9.17) is 4.74 Å². The van der Waals surface area contributed by atoms with Crippen LogP contribution < -0.4 is 10.2 Å². The molecule has 116 valence electrons. The number of anilines is 1. The number of alkyl halides is 2. The summed E-state index contributed by atoms with van der Waals surface area (Å²) in [6.45, 7) is 6.96. The lowest BCUT2D eigenvalue weighted by atomic mass is 10.1. The summed E-state index contributed by atoms with van der Waals surface area (Å²) < 4.78 is 30.0. The summed E-state index contributed by atoms with van der Waals surface area (Å²) in [6, 6.07) is 0.